The minimum absolute atomic E-state index is 0.185. The third-order valence-electron chi connectivity index (χ3n) is 3.61. The zero-order valence-corrected chi connectivity index (χ0v) is 11.0. The summed E-state index contributed by atoms with van der Waals surface area (Å²) >= 11 is 0. The van der Waals surface area contributed by atoms with Crippen LogP contribution < -0.4 is 10.6 Å². The first kappa shape index (κ1) is 14.8. The van der Waals surface area contributed by atoms with Crippen molar-refractivity contribution in [2.24, 2.45) is 5.41 Å². The smallest absolute Gasteiger partial charge is 0.347 e. The highest BCUT2D eigenvalue weighted by atomic mass is 19.4. The molecular formula is C13H16F3N3O. The van der Waals surface area contributed by atoms with Gasteiger partial charge in [-0.3, -0.25) is 9.78 Å². The van der Waals surface area contributed by atoms with Crippen LogP contribution in [-0.4, -0.2) is 30.2 Å². The van der Waals surface area contributed by atoms with E-state index in [9.17, 15) is 18.0 Å². The van der Waals surface area contributed by atoms with Gasteiger partial charge in [-0.1, -0.05) is 6.07 Å². The molecule has 4 nitrogen and oxygen atoms in total. The van der Waals surface area contributed by atoms with E-state index in [4.69, 9.17) is 0 Å². The van der Waals surface area contributed by atoms with Crippen molar-refractivity contribution in [3.05, 3.63) is 30.1 Å². The highest BCUT2D eigenvalue weighted by Gasteiger charge is 2.61. The maximum absolute atomic E-state index is 13.2. The van der Waals surface area contributed by atoms with E-state index < -0.39 is 23.5 Å². The van der Waals surface area contributed by atoms with Crippen LogP contribution in [0, 0.1) is 5.41 Å². The quantitative estimate of drug-likeness (QED) is 0.891. The van der Waals surface area contributed by atoms with Crippen LogP contribution in [-0.2, 0) is 4.79 Å². The van der Waals surface area contributed by atoms with Crippen molar-refractivity contribution >= 4 is 5.91 Å². The third kappa shape index (κ3) is 2.63. The summed E-state index contributed by atoms with van der Waals surface area (Å²) < 4.78 is 39.6. The molecule has 2 N–H and O–H groups in total. The molecule has 1 fully saturated rings. The minimum atomic E-state index is -4.57. The Morgan fingerprint density at radius 3 is 2.75 bits per heavy atom. The van der Waals surface area contributed by atoms with Crippen molar-refractivity contribution in [3.63, 3.8) is 0 Å². The molecule has 2 atom stereocenters. The predicted octanol–water partition coefficient (Wildman–Crippen LogP) is 1.80. The number of aromatic nitrogens is 1. The van der Waals surface area contributed by atoms with Gasteiger partial charge in [0, 0.05) is 12.7 Å². The maximum Gasteiger partial charge on any atom is 0.404 e. The molecule has 1 aliphatic rings. The van der Waals surface area contributed by atoms with Crippen molar-refractivity contribution in [2.75, 3.05) is 13.1 Å². The van der Waals surface area contributed by atoms with Gasteiger partial charge in [0.2, 0.25) is 5.91 Å². The summed E-state index contributed by atoms with van der Waals surface area (Å²) in [7, 11) is 0. The molecule has 1 aliphatic heterocycles. The van der Waals surface area contributed by atoms with E-state index in [1.54, 1.807) is 25.1 Å². The van der Waals surface area contributed by atoms with E-state index in [1.807, 2.05) is 0 Å². The fourth-order valence-electron chi connectivity index (χ4n) is 2.30. The van der Waals surface area contributed by atoms with Crippen molar-refractivity contribution in [1.29, 1.82) is 0 Å². The molecule has 0 aromatic carbocycles. The second-order valence-electron chi connectivity index (χ2n) is 4.96. The van der Waals surface area contributed by atoms with Crippen LogP contribution in [0.1, 0.15) is 25.1 Å². The third-order valence-corrected chi connectivity index (χ3v) is 3.61. The normalized spacial score (nSPS) is 24.4. The first-order chi connectivity index (χ1) is 9.37. The minimum Gasteiger partial charge on any atom is -0.347 e. The largest absolute Gasteiger partial charge is 0.404 e. The standard InChI is InChI=1S/C13H16F3N3O/c1-9(10-4-2-3-6-18-10)19-11(20)12(13(14,15)16)5-7-17-8-12/h2-4,6,9,17H,5,7-8H2,1H3,(H,19,20)/t9-,12?/m1/s1. The van der Waals surface area contributed by atoms with E-state index >= 15 is 0 Å². The number of carbonyl (C=O) groups is 1. The maximum atomic E-state index is 13.2. The Morgan fingerprint density at radius 1 is 1.50 bits per heavy atom. The molecule has 1 unspecified atom stereocenters. The van der Waals surface area contributed by atoms with Crippen molar-refractivity contribution < 1.29 is 18.0 Å². The van der Waals surface area contributed by atoms with Gasteiger partial charge >= 0.3 is 6.18 Å². The van der Waals surface area contributed by atoms with E-state index in [1.165, 1.54) is 6.20 Å². The Balaban J connectivity index is 2.14. The van der Waals surface area contributed by atoms with Gasteiger partial charge in [-0.15, -0.1) is 0 Å². The number of nitrogens with zero attached hydrogens (tertiary/aromatic N) is 1. The lowest BCUT2D eigenvalue weighted by Gasteiger charge is -2.30. The first-order valence-electron chi connectivity index (χ1n) is 6.36. The number of alkyl halides is 3. The lowest BCUT2D eigenvalue weighted by atomic mass is 9.85. The average Bonchev–Trinajstić information content (AvgIpc) is 2.90. The Kier molecular flexibility index (Phi) is 3.99. The molecule has 20 heavy (non-hydrogen) atoms. The number of amides is 1. The molecular weight excluding hydrogens is 271 g/mol. The first-order valence-corrected chi connectivity index (χ1v) is 6.36. The van der Waals surface area contributed by atoms with Crippen LogP contribution in [0.5, 0.6) is 0 Å². The SMILES string of the molecule is C[C@@H](NC(=O)C1(C(F)(F)F)CCNC1)c1ccccn1. The van der Waals surface area contributed by atoms with Crippen LogP contribution in [0.25, 0.3) is 0 Å². The van der Waals surface area contributed by atoms with E-state index in [0.29, 0.717) is 5.69 Å². The molecule has 0 saturated carbocycles. The molecule has 1 saturated heterocycles. The van der Waals surface area contributed by atoms with Crippen LogP contribution >= 0.6 is 0 Å². The van der Waals surface area contributed by atoms with Gasteiger partial charge in [0.25, 0.3) is 0 Å². The molecule has 1 aromatic rings. The van der Waals surface area contributed by atoms with Crippen LogP contribution in [0.15, 0.2) is 24.4 Å². The van der Waals surface area contributed by atoms with Crippen LogP contribution in [0.3, 0.4) is 0 Å². The summed E-state index contributed by atoms with van der Waals surface area (Å²) in [5.74, 6) is -0.992. The molecule has 110 valence electrons. The van der Waals surface area contributed by atoms with Gasteiger partial charge in [-0.2, -0.15) is 13.2 Å². The summed E-state index contributed by atoms with van der Waals surface area (Å²) in [5.41, 5.74) is -1.81. The Hall–Kier alpha value is -1.63. The van der Waals surface area contributed by atoms with Crippen molar-refractivity contribution in [2.45, 2.75) is 25.6 Å². The summed E-state index contributed by atoms with van der Waals surface area (Å²) in [4.78, 5) is 16.1. The Morgan fingerprint density at radius 2 is 2.25 bits per heavy atom. The second kappa shape index (κ2) is 5.40. The fourth-order valence-corrected chi connectivity index (χ4v) is 2.30. The topological polar surface area (TPSA) is 54.0 Å². The lowest BCUT2D eigenvalue weighted by molar-refractivity contribution is -0.216. The van der Waals surface area contributed by atoms with Gasteiger partial charge in [-0.25, -0.2) is 0 Å². The predicted molar refractivity (Wildman–Crippen MR) is 66.8 cm³/mol. The monoisotopic (exact) mass is 287 g/mol. The van der Waals surface area contributed by atoms with E-state index in [0.717, 1.165) is 0 Å². The molecule has 0 spiro atoms. The van der Waals surface area contributed by atoms with Gasteiger partial charge in [-0.05, 0) is 32.0 Å². The number of nitrogens with one attached hydrogen (secondary N) is 2. The molecule has 2 heterocycles. The summed E-state index contributed by atoms with van der Waals surface area (Å²) in [5, 5.41) is 5.04. The molecule has 7 heteroatoms. The van der Waals surface area contributed by atoms with Gasteiger partial charge in [0.1, 0.15) is 0 Å². The molecule has 2 rings (SSSR count). The molecule has 1 amide bonds. The number of hydrogen-bond acceptors (Lipinski definition) is 3. The number of pyridine rings is 1. The summed E-state index contributed by atoms with van der Waals surface area (Å²) in [6.45, 7) is 1.43. The highest BCUT2D eigenvalue weighted by Crippen LogP contribution is 2.43. The molecule has 0 radical (unpaired) electrons. The van der Waals surface area contributed by atoms with Gasteiger partial charge in [0.15, 0.2) is 5.41 Å². The second-order valence-corrected chi connectivity index (χ2v) is 4.96. The molecule has 1 aromatic heterocycles. The van der Waals surface area contributed by atoms with E-state index in [-0.39, 0.29) is 19.5 Å². The van der Waals surface area contributed by atoms with Crippen molar-refractivity contribution in [1.82, 2.24) is 15.6 Å². The lowest BCUT2D eigenvalue weighted by Crippen LogP contribution is -2.52. The van der Waals surface area contributed by atoms with Crippen LogP contribution in [0.2, 0.25) is 0 Å². The highest BCUT2D eigenvalue weighted by molar-refractivity contribution is 5.84. The number of rotatable bonds is 3. The number of carbonyl (C=O) groups excluding carboxylic acids is 1. The zero-order valence-electron chi connectivity index (χ0n) is 11.0. The summed E-state index contributed by atoms with van der Waals surface area (Å²) in [6, 6.07) is 4.53. The Labute approximate surface area is 114 Å². The fraction of sp³-hybridized carbons (Fsp3) is 0.538. The van der Waals surface area contributed by atoms with E-state index in [2.05, 4.69) is 15.6 Å². The Bertz CT molecular complexity index is 469. The van der Waals surface area contributed by atoms with Gasteiger partial charge < -0.3 is 10.6 Å². The van der Waals surface area contributed by atoms with Gasteiger partial charge in [0.05, 0.1) is 11.7 Å². The van der Waals surface area contributed by atoms with Crippen molar-refractivity contribution in [3.8, 4) is 0 Å². The number of halogens is 3. The molecule has 0 aliphatic carbocycles. The number of hydrogen-bond donors (Lipinski definition) is 2. The molecule has 0 bridgehead atoms. The summed E-state index contributed by atoms with van der Waals surface area (Å²) in [6.07, 6.45) is -3.27. The average molecular weight is 287 g/mol. The van der Waals surface area contributed by atoms with Crippen LogP contribution in [0.4, 0.5) is 13.2 Å². The zero-order chi connectivity index (χ0) is 14.8.